The molecular weight excluding hydrogens is 316 g/mol. The summed E-state index contributed by atoms with van der Waals surface area (Å²) in [6.45, 7) is 0.746. The van der Waals surface area contributed by atoms with E-state index in [9.17, 15) is 5.11 Å². The van der Waals surface area contributed by atoms with Crippen LogP contribution in [-0.2, 0) is 6.42 Å². The molecule has 1 aromatic rings. The van der Waals surface area contributed by atoms with Crippen LogP contribution in [0.3, 0.4) is 0 Å². The maximum atomic E-state index is 10.8. The van der Waals surface area contributed by atoms with Crippen molar-refractivity contribution in [1.29, 1.82) is 0 Å². The molecule has 1 N–H and O–H groups in total. The van der Waals surface area contributed by atoms with Crippen molar-refractivity contribution in [1.82, 2.24) is 0 Å². The van der Waals surface area contributed by atoms with E-state index in [4.69, 9.17) is 4.74 Å². The van der Waals surface area contributed by atoms with E-state index in [0.29, 0.717) is 5.92 Å². The van der Waals surface area contributed by atoms with E-state index in [1.165, 1.54) is 37.7 Å². The number of hydrogen-bond acceptors (Lipinski definition) is 2. The Morgan fingerprint density at radius 1 is 1.10 bits per heavy atom. The minimum Gasteiger partial charge on any atom is -0.493 e. The fourth-order valence-corrected chi connectivity index (χ4v) is 4.10. The summed E-state index contributed by atoms with van der Waals surface area (Å²) >= 11 is 3.57. The average molecular weight is 339 g/mol. The summed E-state index contributed by atoms with van der Waals surface area (Å²) in [6, 6.07) is 4.17. The van der Waals surface area contributed by atoms with Crippen LogP contribution in [0.2, 0.25) is 0 Å². The first-order valence-corrected chi connectivity index (χ1v) is 8.68. The fraction of sp³-hybridized carbons (Fsp3) is 0.647. The van der Waals surface area contributed by atoms with Crippen LogP contribution < -0.4 is 4.74 Å². The van der Waals surface area contributed by atoms with Gasteiger partial charge in [-0.05, 0) is 36.5 Å². The Hall–Kier alpha value is -0.540. The lowest BCUT2D eigenvalue weighted by Gasteiger charge is -2.26. The van der Waals surface area contributed by atoms with Crippen LogP contribution in [-0.4, -0.2) is 11.7 Å². The zero-order chi connectivity index (χ0) is 13.9. The van der Waals surface area contributed by atoms with Crippen LogP contribution in [0.25, 0.3) is 0 Å². The Bertz CT molecular complexity index is 464. The molecule has 20 heavy (non-hydrogen) atoms. The molecule has 1 unspecified atom stereocenters. The zero-order valence-corrected chi connectivity index (χ0v) is 13.5. The molecule has 1 atom stereocenters. The van der Waals surface area contributed by atoms with Gasteiger partial charge in [0.2, 0.25) is 0 Å². The van der Waals surface area contributed by atoms with Crippen LogP contribution in [0, 0.1) is 5.92 Å². The molecule has 0 spiro atoms. The van der Waals surface area contributed by atoms with Crippen molar-refractivity contribution in [2.24, 2.45) is 5.92 Å². The molecule has 1 aromatic carbocycles. The third-order valence-corrected chi connectivity index (χ3v) is 5.15. The maximum absolute atomic E-state index is 10.8. The van der Waals surface area contributed by atoms with E-state index in [1.54, 1.807) is 0 Å². The lowest BCUT2D eigenvalue weighted by molar-refractivity contribution is 0.0886. The van der Waals surface area contributed by atoms with Crippen LogP contribution in [0.5, 0.6) is 5.75 Å². The second kappa shape index (κ2) is 6.48. The van der Waals surface area contributed by atoms with Gasteiger partial charge >= 0.3 is 0 Å². The Morgan fingerprint density at radius 2 is 1.80 bits per heavy atom. The summed E-state index contributed by atoms with van der Waals surface area (Å²) in [7, 11) is 0. The SMILES string of the molecule is OC(c1cc(Br)cc2c1OCC2)C1CCCCCCC1. The molecule has 0 amide bonds. The predicted octanol–water partition coefficient (Wildman–Crippen LogP) is 4.78. The fourth-order valence-electron chi connectivity index (χ4n) is 3.58. The Kier molecular flexibility index (Phi) is 4.67. The summed E-state index contributed by atoms with van der Waals surface area (Å²) < 4.78 is 6.83. The zero-order valence-electron chi connectivity index (χ0n) is 11.9. The lowest BCUT2D eigenvalue weighted by atomic mass is 9.84. The normalized spacial score (nSPS) is 21.7. The molecule has 1 aliphatic heterocycles. The van der Waals surface area contributed by atoms with Gasteiger partial charge in [0, 0.05) is 16.5 Å². The minimum absolute atomic E-state index is 0.377. The average Bonchev–Trinajstić information content (AvgIpc) is 2.84. The quantitative estimate of drug-likeness (QED) is 0.840. The largest absolute Gasteiger partial charge is 0.493 e. The summed E-state index contributed by atoms with van der Waals surface area (Å²) in [6.07, 6.45) is 9.35. The maximum Gasteiger partial charge on any atom is 0.128 e. The second-order valence-electron chi connectivity index (χ2n) is 6.13. The molecule has 0 saturated heterocycles. The highest BCUT2D eigenvalue weighted by atomic mass is 79.9. The van der Waals surface area contributed by atoms with Crippen LogP contribution >= 0.6 is 15.9 Å². The van der Waals surface area contributed by atoms with Gasteiger partial charge in [0.15, 0.2) is 0 Å². The highest BCUT2D eigenvalue weighted by Crippen LogP contribution is 2.41. The summed E-state index contributed by atoms with van der Waals surface area (Å²) in [5.74, 6) is 1.33. The van der Waals surface area contributed by atoms with Gasteiger partial charge in [0.25, 0.3) is 0 Å². The highest BCUT2D eigenvalue weighted by molar-refractivity contribution is 9.10. The highest BCUT2D eigenvalue weighted by Gasteiger charge is 2.27. The molecule has 3 rings (SSSR count). The van der Waals surface area contributed by atoms with Crippen LogP contribution in [0.15, 0.2) is 16.6 Å². The Morgan fingerprint density at radius 3 is 2.55 bits per heavy atom. The van der Waals surface area contributed by atoms with Gasteiger partial charge in [-0.2, -0.15) is 0 Å². The first-order chi connectivity index (χ1) is 9.75. The number of rotatable bonds is 2. The van der Waals surface area contributed by atoms with E-state index < -0.39 is 0 Å². The molecule has 2 nitrogen and oxygen atoms in total. The molecule has 0 aromatic heterocycles. The van der Waals surface area contributed by atoms with Crippen molar-refractivity contribution < 1.29 is 9.84 Å². The van der Waals surface area contributed by atoms with Gasteiger partial charge in [0.05, 0.1) is 12.7 Å². The summed E-state index contributed by atoms with van der Waals surface area (Å²) in [5, 5.41) is 10.8. The first kappa shape index (κ1) is 14.4. The monoisotopic (exact) mass is 338 g/mol. The number of fused-ring (bicyclic) bond motifs is 1. The molecular formula is C17H23BrO2. The molecule has 1 saturated carbocycles. The van der Waals surface area contributed by atoms with Gasteiger partial charge in [-0.1, -0.05) is 48.0 Å². The van der Waals surface area contributed by atoms with Crippen molar-refractivity contribution in [2.45, 2.75) is 57.5 Å². The number of benzene rings is 1. The number of halogens is 1. The first-order valence-electron chi connectivity index (χ1n) is 7.89. The minimum atomic E-state index is -0.377. The summed E-state index contributed by atoms with van der Waals surface area (Å²) in [4.78, 5) is 0. The molecule has 1 aliphatic carbocycles. The Labute approximate surface area is 129 Å². The van der Waals surface area contributed by atoms with Crippen LogP contribution in [0.4, 0.5) is 0 Å². The van der Waals surface area contributed by atoms with E-state index >= 15 is 0 Å². The third-order valence-electron chi connectivity index (χ3n) is 4.69. The van der Waals surface area contributed by atoms with Crippen LogP contribution in [0.1, 0.15) is 62.2 Å². The van der Waals surface area contributed by atoms with Gasteiger partial charge in [-0.25, -0.2) is 0 Å². The molecule has 2 aliphatic rings. The molecule has 110 valence electrons. The molecule has 0 bridgehead atoms. The van der Waals surface area contributed by atoms with Crippen molar-refractivity contribution >= 4 is 15.9 Å². The van der Waals surface area contributed by atoms with Gasteiger partial charge in [-0.3, -0.25) is 0 Å². The van der Waals surface area contributed by atoms with E-state index in [1.807, 2.05) is 6.07 Å². The molecule has 3 heteroatoms. The number of aliphatic hydroxyl groups is 1. The summed E-state index contributed by atoms with van der Waals surface area (Å²) in [5.41, 5.74) is 2.23. The van der Waals surface area contributed by atoms with E-state index in [-0.39, 0.29) is 6.10 Å². The van der Waals surface area contributed by atoms with Crippen molar-refractivity contribution in [2.75, 3.05) is 6.61 Å². The molecule has 1 heterocycles. The van der Waals surface area contributed by atoms with Crippen molar-refractivity contribution in [3.63, 3.8) is 0 Å². The Balaban J connectivity index is 1.84. The van der Waals surface area contributed by atoms with E-state index in [0.717, 1.165) is 41.7 Å². The molecule has 0 radical (unpaired) electrons. The van der Waals surface area contributed by atoms with Crippen molar-refractivity contribution in [3.05, 3.63) is 27.7 Å². The second-order valence-corrected chi connectivity index (χ2v) is 7.05. The van der Waals surface area contributed by atoms with Gasteiger partial charge in [-0.15, -0.1) is 0 Å². The number of hydrogen-bond donors (Lipinski definition) is 1. The lowest BCUT2D eigenvalue weighted by Crippen LogP contribution is -2.15. The van der Waals surface area contributed by atoms with Crippen molar-refractivity contribution in [3.8, 4) is 5.75 Å². The predicted molar refractivity (Wildman–Crippen MR) is 84.1 cm³/mol. The topological polar surface area (TPSA) is 29.5 Å². The third kappa shape index (κ3) is 3.04. The van der Waals surface area contributed by atoms with Gasteiger partial charge < -0.3 is 9.84 Å². The smallest absolute Gasteiger partial charge is 0.128 e. The molecule has 1 fully saturated rings. The van der Waals surface area contributed by atoms with E-state index in [2.05, 4.69) is 22.0 Å². The standard InChI is InChI=1S/C17H23BrO2/c18-14-10-13-8-9-20-17(13)15(11-14)16(19)12-6-4-2-1-3-5-7-12/h10-12,16,19H,1-9H2. The van der Waals surface area contributed by atoms with Gasteiger partial charge in [0.1, 0.15) is 5.75 Å². The number of aliphatic hydroxyl groups excluding tert-OH is 1. The number of ether oxygens (including phenoxy) is 1.